The zero-order valence-corrected chi connectivity index (χ0v) is 15.9. The highest BCUT2D eigenvalue weighted by Gasteiger charge is 2.00. The molecule has 21 heavy (non-hydrogen) atoms. The van der Waals surface area contributed by atoms with Crippen LogP contribution in [0.3, 0.4) is 0 Å². The predicted octanol–water partition coefficient (Wildman–Crippen LogP) is 2.32. The fraction of sp³-hybridized carbons (Fsp3) is 0.923. The SMILES string of the molecule is CB(I)SCCOCCOCCOCCOCCC(C)=O. The van der Waals surface area contributed by atoms with Gasteiger partial charge in [0, 0.05) is 12.2 Å². The fourth-order valence-electron chi connectivity index (χ4n) is 1.25. The van der Waals surface area contributed by atoms with Crippen molar-refractivity contribution in [1.29, 1.82) is 0 Å². The molecule has 0 rings (SSSR count). The van der Waals surface area contributed by atoms with Crippen molar-refractivity contribution in [3.05, 3.63) is 0 Å². The Balaban J connectivity index is 2.98. The predicted molar refractivity (Wildman–Crippen MR) is 96.7 cm³/mol. The van der Waals surface area contributed by atoms with E-state index in [4.69, 9.17) is 18.9 Å². The first-order valence-electron chi connectivity index (χ1n) is 7.19. The number of halogens is 1. The molecule has 8 heteroatoms. The van der Waals surface area contributed by atoms with Crippen LogP contribution in [0.2, 0.25) is 6.82 Å². The molecule has 0 saturated carbocycles. The Morgan fingerprint density at radius 2 is 1.33 bits per heavy atom. The van der Waals surface area contributed by atoms with Gasteiger partial charge in [0.2, 0.25) is 0 Å². The summed E-state index contributed by atoms with van der Waals surface area (Å²) in [7, 11) is 0. The van der Waals surface area contributed by atoms with Crippen molar-refractivity contribution in [2.75, 3.05) is 58.6 Å². The smallest absolute Gasteiger partial charge is 0.278 e. The monoisotopic (exact) mass is 432 g/mol. The van der Waals surface area contributed by atoms with Crippen LogP contribution in [0.1, 0.15) is 13.3 Å². The van der Waals surface area contributed by atoms with E-state index in [0.717, 1.165) is 12.4 Å². The number of hydrogen-bond donors (Lipinski definition) is 0. The van der Waals surface area contributed by atoms with E-state index in [1.165, 1.54) is 0 Å². The second-order valence-electron chi connectivity index (χ2n) is 4.32. The minimum absolute atomic E-state index is 0.147. The summed E-state index contributed by atoms with van der Waals surface area (Å²) in [6, 6.07) is 0. The topological polar surface area (TPSA) is 54.0 Å². The molecule has 0 amide bonds. The van der Waals surface area contributed by atoms with Crippen LogP contribution in [-0.2, 0) is 23.7 Å². The first kappa shape index (κ1) is 21.7. The van der Waals surface area contributed by atoms with Crippen LogP contribution in [0.4, 0.5) is 0 Å². The van der Waals surface area contributed by atoms with Crippen molar-refractivity contribution in [3.63, 3.8) is 0 Å². The van der Waals surface area contributed by atoms with Gasteiger partial charge in [-0.25, -0.2) is 0 Å². The zero-order chi connectivity index (χ0) is 15.8. The molecule has 0 aromatic heterocycles. The van der Waals surface area contributed by atoms with Gasteiger partial charge < -0.3 is 18.9 Å². The molecule has 0 aliphatic carbocycles. The molecule has 0 atom stereocenters. The molecule has 124 valence electrons. The molecular formula is C13H26BIO5S. The van der Waals surface area contributed by atoms with Gasteiger partial charge in [-0.05, 0) is 6.92 Å². The normalized spacial score (nSPS) is 10.8. The Morgan fingerprint density at radius 1 is 0.905 bits per heavy atom. The van der Waals surface area contributed by atoms with Crippen molar-refractivity contribution in [2.24, 2.45) is 0 Å². The fourth-order valence-corrected chi connectivity index (χ4v) is 2.55. The lowest BCUT2D eigenvalue weighted by molar-refractivity contribution is -0.118. The number of ketones is 1. The van der Waals surface area contributed by atoms with Gasteiger partial charge in [0.25, 0.3) is 3.85 Å². The van der Waals surface area contributed by atoms with Gasteiger partial charge in [0.1, 0.15) is 5.78 Å². The first-order valence-corrected chi connectivity index (χ1v) is 9.48. The maximum absolute atomic E-state index is 10.7. The minimum atomic E-state index is 0.147. The molecule has 0 spiro atoms. The Morgan fingerprint density at radius 3 is 1.76 bits per heavy atom. The summed E-state index contributed by atoms with van der Waals surface area (Å²) >= 11 is 4.27. The van der Waals surface area contributed by atoms with Crippen LogP contribution in [0.15, 0.2) is 0 Å². The molecule has 0 aliphatic heterocycles. The Kier molecular flexibility index (Phi) is 17.5. The van der Waals surface area contributed by atoms with E-state index < -0.39 is 0 Å². The summed E-state index contributed by atoms with van der Waals surface area (Å²) in [6.07, 6.45) is 0.471. The quantitative estimate of drug-likeness (QED) is 0.212. The molecule has 0 N–H and O–H groups in total. The number of hydrogen-bond acceptors (Lipinski definition) is 6. The summed E-state index contributed by atoms with van der Waals surface area (Å²) in [4.78, 5) is 10.7. The van der Waals surface area contributed by atoms with Gasteiger partial charge in [0.15, 0.2) is 0 Å². The van der Waals surface area contributed by atoms with E-state index in [0.29, 0.717) is 56.5 Å². The average molecular weight is 432 g/mol. The Labute approximate surface area is 146 Å². The van der Waals surface area contributed by atoms with Gasteiger partial charge in [-0.2, -0.15) is 11.6 Å². The Bertz CT molecular complexity index is 247. The molecule has 0 saturated heterocycles. The number of carbonyl (C=O) groups is 1. The van der Waals surface area contributed by atoms with E-state index in [9.17, 15) is 4.79 Å². The number of ether oxygens (including phenoxy) is 4. The molecule has 0 aromatic rings. The van der Waals surface area contributed by atoms with Crippen LogP contribution >= 0.6 is 34.0 Å². The molecule has 5 nitrogen and oxygen atoms in total. The van der Waals surface area contributed by atoms with E-state index in [2.05, 4.69) is 29.2 Å². The highest BCUT2D eigenvalue weighted by atomic mass is 127. The van der Waals surface area contributed by atoms with Crippen LogP contribution in [0, 0.1) is 0 Å². The van der Waals surface area contributed by atoms with Crippen molar-refractivity contribution in [3.8, 4) is 0 Å². The van der Waals surface area contributed by atoms with Crippen LogP contribution < -0.4 is 0 Å². The van der Waals surface area contributed by atoms with Gasteiger partial charge in [-0.3, -0.25) is 4.79 Å². The molecule has 0 fully saturated rings. The van der Waals surface area contributed by atoms with Gasteiger partial charge in [-0.15, -0.1) is 22.4 Å². The van der Waals surface area contributed by atoms with Crippen LogP contribution in [0.25, 0.3) is 0 Å². The lowest BCUT2D eigenvalue weighted by Gasteiger charge is -2.07. The van der Waals surface area contributed by atoms with Crippen LogP contribution in [-0.4, -0.2) is 68.2 Å². The standard InChI is InChI=1S/C13H26BIO5S/c1-13(16)3-4-17-5-6-18-7-8-19-9-10-20-11-12-21-14(2)15/h3-12H2,1-2H3. The van der Waals surface area contributed by atoms with E-state index >= 15 is 0 Å². The first-order chi connectivity index (χ1) is 10.1. The van der Waals surface area contributed by atoms with Crippen molar-refractivity contribution in [2.45, 2.75) is 20.2 Å². The van der Waals surface area contributed by atoms with Crippen molar-refractivity contribution < 1.29 is 23.7 Å². The third-order valence-electron chi connectivity index (χ3n) is 2.29. The Hall–Kier alpha value is 0.655. The number of rotatable bonds is 16. The minimum Gasteiger partial charge on any atom is -0.379 e. The van der Waals surface area contributed by atoms with Crippen molar-refractivity contribution >= 4 is 43.6 Å². The molecule has 0 bridgehead atoms. The van der Waals surface area contributed by atoms with Gasteiger partial charge >= 0.3 is 0 Å². The van der Waals surface area contributed by atoms with Gasteiger partial charge in [0.05, 0.1) is 52.9 Å². The maximum Gasteiger partial charge on any atom is 0.278 e. The molecule has 0 aromatic carbocycles. The number of carbonyl (C=O) groups excluding carboxylic acids is 1. The summed E-state index contributed by atoms with van der Waals surface area (Å²) in [5.74, 6) is 1.17. The largest absolute Gasteiger partial charge is 0.379 e. The zero-order valence-electron chi connectivity index (χ0n) is 13.0. The molecule has 0 aliphatic rings. The summed E-state index contributed by atoms with van der Waals surface area (Å²) < 4.78 is 22.0. The third-order valence-corrected chi connectivity index (χ3v) is 4.23. The highest BCUT2D eigenvalue weighted by Crippen LogP contribution is 2.11. The molecule has 0 radical (unpaired) electrons. The second kappa shape index (κ2) is 17.0. The summed E-state index contributed by atoms with van der Waals surface area (Å²) in [5.41, 5.74) is 0. The molecular weight excluding hydrogens is 406 g/mol. The average Bonchev–Trinajstić information content (AvgIpc) is 2.42. The summed E-state index contributed by atoms with van der Waals surface area (Å²) in [6.45, 7) is 8.37. The maximum atomic E-state index is 10.7. The van der Waals surface area contributed by atoms with E-state index in [1.54, 1.807) is 6.92 Å². The lowest BCUT2D eigenvalue weighted by atomic mass is 10.2. The van der Waals surface area contributed by atoms with Gasteiger partial charge in [-0.1, -0.05) is 6.82 Å². The summed E-state index contributed by atoms with van der Waals surface area (Å²) in [5, 5.41) is 0. The molecule has 0 heterocycles. The second-order valence-corrected chi connectivity index (χ2v) is 8.48. The number of Topliss-reactive ketones (excluding diaryl/α,β-unsaturated/α-hetero) is 1. The van der Waals surface area contributed by atoms with E-state index in [1.807, 2.05) is 11.6 Å². The van der Waals surface area contributed by atoms with E-state index in [-0.39, 0.29) is 5.78 Å². The lowest BCUT2D eigenvalue weighted by Crippen LogP contribution is -2.13. The van der Waals surface area contributed by atoms with Crippen molar-refractivity contribution in [1.82, 2.24) is 0 Å². The highest BCUT2D eigenvalue weighted by molar-refractivity contribution is 14.1. The van der Waals surface area contributed by atoms with Crippen LogP contribution in [0.5, 0.6) is 0 Å². The third kappa shape index (κ3) is 20.7. The molecule has 0 unspecified atom stereocenters.